The van der Waals surface area contributed by atoms with Gasteiger partial charge in [-0.05, 0) is 44.0 Å². The molecule has 6 aromatic rings. The molecule has 0 radical (unpaired) electrons. The van der Waals surface area contributed by atoms with Crippen molar-refractivity contribution in [3.8, 4) is 46.6 Å². The van der Waals surface area contributed by atoms with Crippen molar-refractivity contribution in [1.29, 1.82) is 10.5 Å². The zero-order valence-corrected chi connectivity index (χ0v) is 51.8. The first-order valence-corrected chi connectivity index (χ1v) is 30.6. The monoisotopic (exact) mass is 1300 g/mol. The molecule has 25 nitrogen and oxygen atoms in total. The second kappa shape index (κ2) is 25.1. The number of aliphatic hydroxyl groups is 5. The van der Waals surface area contributed by atoms with Gasteiger partial charge < -0.3 is 74.4 Å². The smallest absolute Gasteiger partial charge is 0.202 e. The van der Waals surface area contributed by atoms with Gasteiger partial charge in [0.05, 0.1) is 108 Å². The van der Waals surface area contributed by atoms with Crippen molar-refractivity contribution >= 4 is 34.7 Å². The van der Waals surface area contributed by atoms with E-state index in [1.165, 1.54) is 74.5 Å². The molecule has 2 aliphatic heterocycles. The van der Waals surface area contributed by atoms with Crippen molar-refractivity contribution < 1.29 is 103 Å². The Morgan fingerprint density at radius 3 is 1.32 bits per heavy atom. The normalized spacial score (nSPS) is 27.3. The first kappa shape index (κ1) is 65.7. The van der Waals surface area contributed by atoms with Crippen LogP contribution in [0.15, 0.2) is 97.1 Å². The summed E-state index contributed by atoms with van der Waals surface area (Å²) in [4.78, 5) is 84.9. The molecule has 4 aliphatic carbocycles. The topological polar surface area (TPSA) is 394 Å². The molecular formula is C70H66N4O21. The number of hydrazine groups is 1. The molecule has 9 N–H and O–H groups in total. The van der Waals surface area contributed by atoms with Crippen LogP contribution < -0.4 is 9.47 Å². The number of nitrogens with zero attached hydrogens (tertiary/aromatic N) is 4. The van der Waals surface area contributed by atoms with Crippen molar-refractivity contribution in [2.24, 2.45) is 0 Å². The van der Waals surface area contributed by atoms with Crippen molar-refractivity contribution in [2.75, 3.05) is 20.8 Å². The van der Waals surface area contributed by atoms with Crippen molar-refractivity contribution in [2.45, 2.75) is 144 Å². The minimum Gasteiger partial charge on any atom is -0.507 e. The molecule has 2 saturated heterocycles. The largest absolute Gasteiger partial charge is 0.507 e. The summed E-state index contributed by atoms with van der Waals surface area (Å²) in [6.45, 7) is 2.80. The molecule has 0 bridgehead atoms. The van der Waals surface area contributed by atoms with Gasteiger partial charge in [-0.25, -0.2) is 10.0 Å². The van der Waals surface area contributed by atoms with Crippen LogP contribution in [0, 0.1) is 22.7 Å². The summed E-state index contributed by atoms with van der Waals surface area (Å²) in [6, 6.07) is 23.5. The van der Waals surface area contributed by atoms with E-state index in [1.54, 1.807) is 60.7 Å². The maximum Gasteiger partial charge on any atom is 0.202 e. The van der Waals surface area contributed by atoms with Gasteiger partial charge in [0.25, 0.3) is 0 Å². The predicted molar refractivity (Wildman–Crippen MR) is 327 cm³/mol. The molecule has 95 heavy (non-hydrogen) atoms. The molecule has 12 rings (SSSR count). The number of rotatable bonds is 16. The van der Waals surface area contributed by atoms with E-state index in [-0.39, 0.29) is 56.0 Å². The molecule has 25 heteroatoms. The highest BCUT2D eigenvalue weighted by Gasteiger charge is 2.56. The molecule has 6 aromatic carbocycles. The average Bonchev–Trinajstić information content (AvgIpc) is 0.718. The van der Waals surface area contributed by atoms with E-state index >= 15 is 0 Å². The summed E-state index contributed by atoms with van der Waals surface area (Å²) in [5, 5.41) is 136. The Morgan fingerprint density at radius 1 is 0.568 bits per heavy atom. The summed E-state index contributed by atoms with van der Waals surface area (Å²) < 4.78 is 37.2. The van der Waals surface area contributed by atoms with E-state index in [0.717, 1.165) is 6.92 Å². The lowest BCUT2D eigenvalue weighted by molar-refractivity contribution is -0.301. The first-order chi connectivity index (χ1) is 45.4. The number of phenolic OH excluding ortho intramolecular Hbond substituents is 4. The summed E-state index contributed by atoms with van der Waals surface area (Å²) in [5.41, 5.74) is -8.88. The van der Waals surface area contributed by atoms with Crippen molar-refractivity contribution in [3.05, 3.63) is 175 Å². The van der Waals surface area contributed by atoms with E-state index in [1.807, 2.05) is 0 Å². The molecule has 492 valence electrons. The van der Waals surface area contributed by atoms with E-state index in [0.29, 0.717) is 11.1 Å². The standard InChI is InChI=1S/C70H66N4O21/c1-31-59(78)40(22-49(92-31)94-46-26-69(88,33(3)76)24-38-53(46)67(86)57-55(63(38)82)61(80)36-18-12-20-44(90-4)51(36)65(57)84)73(42(28-71)34-14-8-6-9-15-34)74(43(29-72)35-16-10-7-11-17-35)41-23-50(93-32(2)60(41)79)95-47-27-70(89,48(77)30-75)25-39-54(47)68(87)58-56(64(39)83)62(81)37-19-13-21-45(91-5)52(37)66(58)85/h6-21,31-32,40-43,46-47,49-50,59-60,75,78-79,82-83,86-89H,22-27,30H2,1-5H3/t31?,32?,40?,41?,42?,43?,46-,47-,49?,50?,59?,60?,69-,70-/m0/s1. The molecule has 2 heterocycles. The number of carbonyl (C=O) groups excluding carboxylic acids is 6. The number of hydrogen-bond donors (Lipinski definition) is 9. The maximum absolute atomic E-state index is 14.6. The van der Waals surface area contributed by atoms with E-state index in [2.05, 4.69) is 12.1 Å². The number of methoxy groups -OCH3 is 2. The maximum atomic E-state index is 14.6. The molecule has 6 aliphatic rings. The third kappa shape index (κ3) is 10.7. The SMILES string of the molecule is COc1cccc2c1C(=O)c1c(O)c3c(c(O)c1C2=O)C[C@@](O)(C(C)=O)C[C@@H]3OC1CC(N(C(C#N)c2ccccc2)N(C(C#N)c2ccccc2)C2CC(O[C@H]3C[C@](O)(C(=O)CO)Cc4c(O)c5c(c(O)c43)C(=O)c3c(OC)cccc3C5=O)OC(C)C2O)C(O)C(C)O1. The van der Waals surface area contributed by atoms with Gasteiger partial charge in [-0.1, -0.05) is 84.9 Å². The van der Waals surface area contributed by atoms with Gasteiger partial charge in [0.1, 0.15) is 64.4 Å². The second-order valence-electron chi connectivity index (χ2n) is 24.7. The molecule has 0 saturated carbocycles. The lowest BCUT2D eigenvalue weighted by Gasteiger charge is -2.54. The van der Waals surface area contributed by atoms with Gasteiger partial charge in [-0.15, -0.1) is 0 Å². The average molecular weight is 1300 g/mol. The fourth-order valence-corrected chi connectivity index (χ4v) is 14.7. The molecule has 0 amide bonds. The number of aromatic hydroxyl groups is 4. The van der Waals surface area contributed by atoms with Gasteiger partial charge in [-0.2, -0.15) is 10.5 Å². The van der Waals surface area contributed by atoms with Gasteiger partial charge in [0.2, 0.25) is 11.6 Å². The summed E-state index contributed by atoms with van der Waals surface area (Å²) in [5.74, 6) is -8.98. The van der Waals surface area contributed by atoms with Crippen LogP contribution in [0.4, 0.5) is 0 Å². The third-order valence-corrected chi connectivity index (χ3v) is 19.4. The number of nitriles is 2. The molecule has 14 atom stereocenters. The Kier molecular flexibility index (Phi) is 17.4. The quantitative estimate of drug-likeness (QED) is 0.0444. The van der Waals surface area contributed by atoms with E-state index in [9.17, 15) is 85.2 Å². The van der Waals surface area contributed by atoms with Gasteiger partial charge >= 0.3 is 0 Å². The molecule has 2 fully saturated rings. The van der Waals surface area contributed by atoms with Crippen LogP contribution in [-0.4, -0.2) is 172 Å². The van der Waals surface area contributed by atoms with Crippen molar-refractivity contribution in [1.82, 2.24) is 10.0 Å². The van der Waals surface area contributed by atoms with Crippen LogP contribution >= 0.6 is 0 Å². The Bertz CT molecular complexity index is 4260. The number of aliphatic hydroxyl groups excluding tert-OH is 3. The number of Topliss-reactive ketones (excluding diaryl/α,β-unsaturated/α-hetero) is 2. The summed E-state index contributed by atoms with van der Waals surface area (Å²) in [6.07, 6.45) is -16.4. The Labute approximate surface area is 542 Å². The van der Waals surface area contributed by atoms with Crippen LogP contribution in [0.1, 0.15) is 168 Å². The van der Waals surface area contributed by atoms with Crippen molar-refractivity contribution in [3.63, 3.8) is 0 Å². The second-order valence-corrected chi connectivity index (χ2v) is 24.7. The number of hydrogen-bond acceptors (Lipinski definition) is 25. The number of carbonyl (C=O) groups is 6. The molecule has 0 aromatic heterocycles. The van der Waals surface area contributed by atoms with Crippen LogP contribution in [0.5, 0.6) is 34.5 Å². The number of phenols is 4. The number of ketones is 6. The zero-order chi connectivity index (χ0) is 68.0. The van der Waals surface area contributed by atoms with Gasteiger partial charge in [0.15, 0.2) is 35.7 Å². The fraction of sp³-hybridized carbons (Fsp3) is 0.371. The molecular weight excluding hydrogens is 1230 g/mol. The van der Waals surface area contributed by atoms with E-state index < -0.39 is 210 Å². The Morgan fingerprint density at radius 2 is 0.947 bits per heavy atom. The number of fused-ring (bicyclic) bond motifs is 6. The molecule has 10 unspecified atom stereocenters. The number of ether oxygens (including phenoxy) is 6. The Hall–Kier alpha value is -9.32. The van der Waals surface area contributed by atoms with Crippen LogP contribution in [0.3, 0.4) is 0 Å². The highest BCUT2D eigenvalue weighted by Crippen LogP contribution is 2.56. The van der Waals surface area contributed by atoms with E-state index in [4.69, 9.17) is 28.4 Å². The van der Waals surface area contributed by atoms with Gasteiger partial charge in [-0.3, -0.25) is 28.8 Å². The molecule has 0 spiro atoms. The predicted octanol–water partition coefficient (Wildman–Crippen LogP) is 5.18. The minimum atomic E-state index is -2.57. The highest BCUT2D eigenvalue weighted by atomic mass is 16.7. The highest BCUT2D eigenvalue weighted by molar-refractivity contribution is 6.32. The first-order valence-electron chi connectivity index (χ1n) is 30.6. The number of benzene rings is 6. The zero-order valence-electron chi connectivity index (χ0n) is 51.8. The fourth-order valence-electron chi connectivity index (χ4n) is 14.7. The Balaban J connectivity index is 0.975. The van der Waals surface area contributed by atoms with Gasteiger partial charge in [0, 0.05) is 71.9 Å². The lowest BCUT2D eigenvalue weighted by atomic mass is 9.72. The lowest BCUT2D eigenvalue weighted by Crippen LogP contribution is -2.67. The summed E-state index contributed by atoms with van der Waals surface area (Å²) >= 11 is 0. The van der Waals surface area contributed by atoms with Crippen LogP contribution in [-0.2, 0) is 41.4 Å². The van der Waals surface area contributed by atoms with Crippen LogP contribution in [0.2, 0.25) is 0 Å². The van der Waals surface area contributed by atoms with Crippen LogP contribution in [0.25, 0.3) is 0 Å². The summed E-state index contributed by atoms with van der Waals surface area (Å²) in [7, 11) is 2.54. The third-order valence-electron chi connectivity index (χ3n) is 19.4. The minimum absolute atomic E-state index is 0.0103.